The number of halogens is 1. The lowest BCUT2D eigenvalue weighted by Crippen LogP contribution is -2.29. The zero-order valence-corrected chi connectivity index (χ0v) is 12.2. The number of hydrogen-bond acceptors (Lipinski definition) is 4. The van der Waals surface area contributed by atoms with Gasteiger partial charge in [0.05, 0.1) is 22.9 Å². The Morgan fingerprint density at radius 2 is 2.50 bits per heavy atom. The van der Waals surface area contributed by atoms with E-state index in [4.69, 9.17) is 9.84 Å². The third-order valence-corrected chi connectivity index (χ3v) is 3.96. The molecule has 3 heterocycles. The topological polar surface area (TPSA) is 75.9 Å². The van der Waals surface area contributed by atoms with E-state index in [9.17, 15) is 4.79 Å². The second-order valence-corrected chi connectivity index (χ2v) is 5.64. The molecule has 7 heteroatoms. The Labute approximate surface area is 123 Å². The van der Waals surface area contributed by atoms with E-state index in [0.717, 1.165) is 15.8 Å². The molecule has 2 atom stereocenters. The van der Waals surface area contributed by atoms with Crippen LogP contribution in [0.3, 0.4) is 0 Å². The molecule has 20 heavy (non-hydrogen) atoms. The number of rotatable bonds is 4. The first-order valence-corrected chi connectivity index (χ1v) is 7.12. The highest BCUT2D eigenvalue weighted by atomic mass is 79.9. The lowest BCUT2D eigenvalue weighted by molar-refractivity contribution is -0.139. The lowest BCUT2D eigenvalue weighted by Gasteiger charge is -2.08. The Morgan fingerprint density at radius 3 is 3.20 bits per heavy atom. The molecule has 0 spiro atoms. The quantitative estimate of drug-likeness (QED) is 0.881. The number of carboxylic acid groups (broad SMARTS) is 1. The molecule has 106 valence electrons. The molecule has 0 amide bonds. The van der Waals surface area contributed by atoms with Gasteiger partial charge in [0.1, 0.15) is 6.04 Å². The van der Waals surface area contributed by atoms with Gasteiger partial charge >= 0.3 is 5.97 Å². The van der Waals surface area contributed by atoms with Crippen molar-refractivity contribution in [2.75, 3.05) is 6.54 Å². The first-order chi connectivity index (χ1) is 9.63. The fraction of sp³-hybridized carbons (Fsp3) is 0.385. The second-order valence-electron chi connectivity index (χ2n) is 4.79. The van der Waals surface area contributed by atoms with Crippen LogP contribution in [0.15, 0.2) is 29.0 Å². The summed E-state index contributed by atoms with van der Waals surface area (Å²) in [5.41, 5.74) is 1.68. The van der Waals surface area contributed by atoms with Gasteiger partial charge in [-0.1, -0.05) is 0 Å². The number of aromatic nitrogens is 2. The van der Waals surface area contributed by atoms with Gasteiger partial charge in [0.2, 0.25) is 0 Å². The van der Waals surface area contributed by atoms with E-state index in [-0.39, 0.29) is 6.10 Å². The van der Waals surface area contributed by atoms with E-state index in [1.54, 1.807) is 0 Å². The summed E-state index contributed by atoms with van der Waals surface area (Å²) in [6.45, 7) is 0.945. The first-order valence-electron chi connectivity index (χ1n) is 6.33. The molecule has 0 aliphatic carbocycles. The molecule has 0 bridgehead atoms. The highest BCUT2D eigenvalue weighted by Crippen LogP contribution is 2.18. The van der Waals surface area contributed by atoms with E-state index in [1.165, 1.54) is 0 Å². The first kappa shape index (κ1) is 13.5. The maximum absolute atomic E-state index is 10.8. The van der Waals surface area contributed by atoms with Crippen molar-refractivity contribution in [2.24, 2.45) is 0 Å². The van der Waals surface area contributed by atoms with Gasteiger partial charge in [0.15, 0.2) is 5.65 Å². The van der Waals surface area contributed by atoms with Crippen molar-refractivity contribution < 1.29 is 14.6 Å². The van der Waals surface area contributed by atoms with E-state index >= 15 is 0 Å². The van der Waals surface area contributed by atoms with Gasteiger partial charge in [-0.2, -0.15) is 0 Å². The number of nitrogens with zero attached hydrogens (tertiary/aromatic N) is 2. The minimum absolute atomic E-state index is 0.0793. The number of aliphatic carboxylic acids is 1. The summed E-state index contributed by atoms with van der Waals surface area (Å²) in [7, 11) is 0. The Bertz CT molecular complexity index is 643. The highest BCUT2D eigenvalue weighted by Gasteiger charge is 2.29. The maximum Gasteiger partial charge on any atom is 0.320 e. The molecule has 1 fully saturated rings. The van der Waals surface area contributed by atoms with E-state index in [1.807, 2.05) is 28.9 Å². The van der Waals surface area contributed by atoms with Crippen LogP contribution >= 0.6 is 15.9 Å². The van der Waals surface area contributed by atoms with Crippen LogP contribution in [0.1, 0.15) is 12.1 Å². The van der Waals surface area contributed by atoms with Crippen molar-refractivity contribution in [1.29, 1.82) is 0 Å². The Morgan fingerprint density at radius 1 is 1.65 bits per heavy atom. The predicted octanol–water partition coefficient (Wildman–Crippen LogP) is 1.43. The normalized spacial score (nSPS) is 22.4. The molecule has 2 aromatic rings. The maximum atomic E-state index is 10.8. The SMILES string of the molecule is O=C(O)[C@@H]1C[C@@H](OCc2cn3cccc(Br)c3n2)CN1. The number of ether oxygens (including phenoxy) is 1. The molecule has 0 radical (unpaired) electrons. The Kier molecular flexibility index (Phi) is 3.73. The minimum atomic E-state index is -0.826. The molecule has 0 aromatic carbocycles. The van der Waals surface area contributed by atoms with Gasteiger partial charge in [-0.15, -0.1) is 0 Å². The zero-order valence-electron chi connectivity index (χ0n) is 10.6. The second kappa shape index (κ2) is 5.51. The van der Waals surface area contributed by atoms with Gasteiger partial charge in [-0.05, 0) is 28.1 Å². The summed E-state index contributed by atoms with van der Waals surface area (Å²) < 4.78 is 8.58. The van der Waals surface area contributed by atoms with Gasteiger partial charge in [-0.25, -0.2) is 4.98 Å². The van der Waals surface area contributed by atoms with Crippen molar-refractivity contribution in [3.63, 3.8) is 0 Å². The van der Waals surface area contributed by atoms with Crippen LogP contribution in [0, 0.1) is 0 Å². The third-order valence-electron chi connectivity index (χ3n) is 3.34. The molecule has 2 N–H and O–H groups in total. The van der Waals surface area contributed by atoms with Crippen LogP contribution in [0.5, 0.6) is 0 Å². The minimum Gasteiger partial charge on any atom is -0.480 e. The summed E-state index contributed by atoms with van der Waals surface area (Å²) in [5.74, 6) is -0.826. The molecular weight excluding hydrogens is 326 g/mol. The molecule has 0 saturated carbocycles. The van der Waals surface area contributed by atoms with Crippen LogP contribution in [0.25, 0.3) is 5.65 Å². The van der Waals surface area contributed by atoms with Crippen LogP contribution in [-0.2, 0) is 16.1 Å². The van der Waals surface area contributed by atoms with Crippen molar-refractivity contribution in [2.45, 2.75) is 25.2 Å². The lowest BCUT2D eigenvalue weighted by atomic mass is 10.2. The molecule has 2 aromatic heterocycles. The van der Waals surface area contributed by atoms with Crippen molar-refractivity contribution in [3.8, 4) is 0 Å². The molecular formula is C13H14BrN3O3. The van der Waals surface area contributed by atoms with Crippen molar-refractivity contribution in [1.82, 2.24) is 14.7 Å². The number of imidazole rings is 1. The van der Waals surface area contributed by atoms with Crippen molar-refractivity contribution >= 4 is 27.5 Å². The van der Waals surface area contributed by atoms with Crippen LogP contribution in [-0.4, -0.2) is 39.2 Å². The van der Waals surface area contributed by atoms with Crippen LogP contribution in [0.2, 0.25) is 0 Å². The number of carbonyl (C=O) groups is 1. The Balaban J connectivity index is 1.63. The smallest absolute Gasteiger partial charge is 0.320 e. The fourth-order valence-corrected chi connectivity index (χ4v) is 2.77. The molecule has 1 aliphatic rings. The van der Waals surface area contributed by atoms with E-state index in [2.05, 4.69) is 26.2 Å². The monoisotopic (exact) mass is 339 g/mol. The summed E-state index contributed by atoms with van der Waals surface area (Å²) in [4.78, 5) is 15.3. The van der Waals surface area contributed by atoms with Crippen molar-refractivity contribution in [3.05, 3.63) is 34.7 Å². The summed E-state index contributed by atoms with van der Waals surface area (Å²) in [6.07, 6.45) is 4.25. The molecule has 6 nitrogen and oxygen atoms in total. The highest BCUT2D eigenvalue weighted by molar-refractivity contribution is 9.10. The summed E-state index contributed by atoms with van der Waals surface area (Å²) in [6, 6.07) is 3.36. The Hall–Kier alpha value is -1.44. The number of fused-ring (bicyclic) bond motifs is 1. The van der Waals surface area contributed by atoms with Crippen LogP contribution < -0.4 is 5.32 Å². The van der Waals surface area contributed by atoms with Gasteiger partial charge in [-0.3, -0.25) is 4.79 Å². The fourth-order valence-electron chi connectivity index (χ4n) is 2.32. The van der Waals surface area contributed by atoms with Gasteiger partial charge < -0.3 is 19.6 Å². The average molecular weight is 340 g/mol. The molecule has 3 rings (SSSR count). The van der Waals surface area contributed by atoms with Gasteiger partial charge in [0, 0.05) is 25.4 Å². The summed E-state index contributed by atoms with van der Waals surface area (Å²) >= 11 is 3.45. The molecule has 1 saturated heterocycles. The summed E-state index contributed by atoms with van der Waals surface area (Å²) in [5, 5.41) is 11.8. The number of hydrogen-bond donors (Lipinski definition) is 2. The zero-order chi connectivity index (χ0) is 14.1. The number of nitrogens with one attached hydrogen (secondary N) is 1. The predicted molar refractivity (Wildman–Crippen MR) is 75.5 cm³/mol. The molecule has 1 aliphatic heterocycles. The average Bonchev–Trinajstić information content (AvgIpc) is 3.03. The number of carboxylic acids is 1. The third kappa shape index (κ3) is 2.70. The van der Waals surface area contributed by atoms with Gasteiger partial charge in [0.25, 0.3) is 0 Å². The standard InChI is InChI=1S/C13H14BrN3O3/c14-10-2-1-3-17-6-8(16-12(10)17)7-20-9-4-11(13(18)19)15-5-9/h1-3,6,9,11,15H,4-5,7H2,(H,18,19)/t9-,11+/m1/s1. The number of pyridine rings is 1. The van der Waals surface area contributed by atoms with Crippen LogP contribution in [0.4, 0.5) is 0 Å². The van der Waals surface area contributed by atoms with E-state index < -0.39 is 12.0 Å². The largest absolute Gasteiger partial charge is 0.480 e. The van der Waals surface area contributed by atoms with E-state index in [0.29, 0.717) is 19.6 Å². The molecule has 0 unspecified atom stereocenters.